The van der Waals surface area contributed by atoms with Crippen LogP contribution in [0.1, 0.15) is 23.2 Å². The average molecular weight is 445 g/mol. The molecule has 162 valence electrons. The van der Waals surface area contributed by atoms with Crippen LogP contribution in [-0.4, -0.2) is 44.5 Å². The summed E-state index contributed by atoms with van der Waals surface area (Å²) in [6, 6.07) is 15.0. The number of para-hydroxylation sites is 1. The summed E-state index contributed by atoms with van der Waals surface area (Å²) in [5.74, 6) is 1.02. The second kappa shape index (κ2) is 9.16. The highest BCUT2D eigenvalue weighted by molar-refractivity contribution is 7.85. The first kappa shape index (κ1) is 22.3. The summed E-state index contributed by atoms with van der Waals surface area (Å²) >= 11 is 0. The molecule has 31 heavy (non-hydrogen) atoms. The monoisotopic (exact) mass is 445 g/mol. The molecular weight excluding hydrogens is 425 g/mol. The number of fused-ring (bicyclic) bond motifs is 1. The van der Waals surface area contributed by atoms with Crippen LogP contribution >= 0.6 is 0 Å². The number of benzene rings is 2. The summed E-state index contributed by atoms with van der Waals surface area (Å²) < 4.78 is 39.0. The molecule has 4 N–H and O–H groups in total. The second-order valence-corrected chi connectivity index (χ2v) is 8.16. The van der Waals surface area contributed by atoms with Crippen molar-refractivity contribution >= 4 is 32.7 Å². The van der Waals surface area contributed by atoms with Crippen molar-refractivity contribution in [2.75, 3.05) is 11.6 Å². The number of halogens is 1. The molecule has 0 saturated carbocycles. The fraction of sp³-hybridized carbons (Fsp3) is 0.150. The molecular formula is C20H20FN5O4S. The van der Waals surface area contributed by atoms with Crippen molar-refractivity contribution < 1.29 is 22.5 Å². The third-order valence-electron chi connectivity index (χ3n) is 4.00. The average Bonchev–Trinajstić information content (AvgIpc) is 3.11. The van der Waals surface area contributed by atoms with E-state index in [1.807, 2.05) is 37.3 Å². The summed E-state index contributed by atoms with van der Waals surface area (Å²) in [5, 5.41) is 21.6. The van der Waals surface area contributed by atoms with Gasteiger partial charge in [0.15, 0.2) is 11.6 Å². The van der Waals surface area contributed by atoms with Crippen molar-refractivity contribution in [3.63, 3.8) is 0 Å². The molecule has 2 aromatic carbocycles. The van der Waals surface area contributed by atoms with Crippen LogP contribution in [0.2, 0.25) is 0 Å². The lowest BCUT2D eigenvalue weighted by molar-refractivity contribution is 0.210. The first-order valence-electron chi connectivity index (χ1n) is 9.02. The van der Waals surface area contributed by atoms with Crippen LogP contribution in [0.5, 0.6) is 0 Å². The lowest BCUT2D eigenvalue weighted by Gasteiger charge is -2.13. The topological polar surface area (TPSA) is 141 Å². The number of nitrogens with zero attached hydrogens (tertiary/aromatic N) is 3. The Kier molecular flexibility index (Phi) is 6.59. The zero-order valence-corrected chi connectivity index (χ0v) is 17.4. The minimum Gasteiger partial charge on any atom is -0.380 e. The molecule has 9 nitrogen and oxygen atoms in total. The van der Waals surface area contributed by atoms with Crippen LogP contribution in [0.3, 0.4) is 0 Å². The van der Waals surface area contributed by atoms with E-state index in [-0.39, 0.29) is 11.6 Å². The van der Waals surface area contributed by atoms with Gasteiger partial charge in [-0.15, -0.1) is 0 Å². The number of anilines is 2. The van der Waals surface area contributed by atoms with Gasteiger partial charge < -0.3 is 10.4 Å². The zero-order chi connectivity index (χ0) is 22.6. The highest BCUT2D eigenvalue weighted by Gasteiger charge is 2.17. The Morgan fingerprint density at radius 2 is 1.74 bits per heavy atom. The minimum absolute atomic E-state index is 0.227. The molecule has 0 spiro atoms. The van der Waals surface area contributed by atoms with Crippen molar-refractivity contribution in [2.45, 2.75) is 13.0 Å². The van der Waals surface area contributed by atoms with Gasteiger partial charge in [0.2, 0.25) is 0 Å². The number of hydrogen-bond acceptors (Lipinski definition) is 7. The largest absolute Gasteiger partial charge is 0.380 e. The molecule has 0 aliphatic carbocycles. The van der Waals surface area contributed by atoms with Gasteiger partial charge in [-0.25, -0.2) is 14.4 Å². The lowest BCUT2D eigenvalue weighted by atomic mass is 10.1. The van der Waals surface area contributed by atoms with E-state index >= 15 is 0 Å². The summed E-state index contributed by atoms with van der Waals surface area (Å²) in [7, 11) is -3.67. The number of hydrogen-bond donors (Lipinski definition) is 4. The molecule has 0 amide bonds. The van der Waals surface area contributed by atoms with Gasteiger partial charge in [-0.1, -0.05) is 24.3 Å². The predicted molar refractivity (Wildman–Crippen MR) is 114 cm³/mol. The van der Waals surface area contributed by atoms with E-state index in [4.69, 9.17) is 4.55 Å². The number of rotatable bonds is 4. The van der Waals surface area contributed by atoms with Crippen molar-refractivity contribution in [2.24, 2.45) is 0 Å². The van der Waals surface area contributed by atoms with Crippen LogP contribution < -0.4 is 5.32 Å². The highest BCUT2D eigenvalue weighted by Crippen LogP contribution is 2.27. The van der Waals surface area contributed by atoms with E-state index in [1.54, 1.807) is 0 Å². The van der Waals surface area contributed by atoms with E-state index < -0.39 is 16.2 Å². The minimum atomic E-state index is -3.67. The normalized spacial score (nSPS) is 12.2. The van der Waals surface area contributed by atoms with Crippen LogP contribution in [0.4, 0.5) is 16.0 Å². The van der Waals surface area contributed by atoms with Gasteiger partial charge in [0.25, 0.3) is 10.1 Å². The Labute approximate surface area is 177 Å². The summed E-state index contributed by atoms with van der Waals surface area (Å²) in [6.45, 7) is 1.90. The molecule has 0 saturated heterocycles. The first-order valence-corrected chi connectivity index (χ1v) is 10.9. The summed E-state index contributed by atoms with van der Waals surface area (Å²) in [5.41, 5.74) is 2.12. The Morgan fingerprint density at radius 3 is 2.35 bits per heavy atom. The fourth-order valence-electron chi connectivity index (χ4n) is 2.71. The van der Waals surface area contributed by atoms with E-state index in [0.29, 0.717) is 29.0 Å². The van der Waals surface area contributed by atoms with E-state index in [2.05, 4.69) is 25.5 Å². The van der Waals surface area contributed by atoms with Gasteiger partial charge in [0.05, 0.1) is 11.8 Å². The molecule has 2 heterocycles. The maximum Gasteiger partial charge on any atom is 0.261 e. The molecule has 0 fully saturated rings. The van der Waals surface area contributed by atoms with Gasteiger partial charge in [0, 0.05) is 17.1 Å². The van der Waals surface area contributed by atoms with Gasteiger partial charge in [-0.3, -0.25) is 9.65 Å². The number of aliphatic hydroxyl groups is 1. The fourth-order valence-corrected chi connectivity index (χ4v) is 2.71. The molecule has 4 aromatic rings. The third kappa shape index (κ3) is 6.28. The molecule has 0 bridgehead atoms. The Bertz CT molecular complexity index is 1280. The molecule has 1 atom stereocenters. The van der Waals surface area contributed by atoms with Crippen LogP contribution in [0.15, 0.2) is 54.6 Å². The van der Waals surface area contributed by atoms with Crippen LogP contribution in [0.25, 0.3) is 10.9 Å². The van der Waals surface area contributed by atoms with Gasteiger partial charge in [-0.2, -0.15) is 13.5 Å². The SMILES string of the molecule is CS(=O)(=O)O.Cc1cc(Nc2nc([C@@H](O)c3ccc(F)cc3)nc3ccccc23)n[nH]1. The zero-order valence-electron chi connectivity index (χ0n) is 16.6. The lowest BCUT2D eigenvalue weighted by Crippen LogP contribution is -2.08. The number of H-pyrrole nitrogens is 1. The standard InChI is InChI=1S/C19H16FN5O.CH4O3S/c1-11-10-16(25-24-11)22-18-14-4-2-3-5-15(14)21-19(23-18)17(26)12-6-8-13(20)9-7-12;1-5(2,3)4/h2-10,17,26H,1H3,(H2,21,22,23,24,25);1H3,(H,2,3,4)/t17-;/m0./s1. The van der Waals surface area contributed by atoms with Crippen molar-refractivity contribution in [3.05, 3.63) is 77.5 Å². The molecule has 0 radical (unpaired) electrons. The first-order chi connectivity index (χ1) is 14.6. The van der Waals surface area contributed by atoms with Gasteiger partial charge >= 0.3 is 0 Å². The smallest absolute Gasteiger partial charge is 0.261 e. The molecule has 4 rings (SSSR count). The maximum absolute atomic E-state index is 13.1. The van der Waals surface area contributed by atoms with Gasteiger partial charge in [-0.05, 0) is 36.8 Å². The maximum atomic E-state index is 13.1. The molecule has 0 unspecified atom stereocenters. The summed E-state index contributed by atoms with van der Waals surface area (Å²) in [4.78, 5) is 8.94. The summed E-state index contributed by atoms with van der Waals surface area (Å²) in [6.07, 6.45) is -0.353. The Morgan fingerprint density at radius 1 is 1.10 bits per heavy atom. The van der Waals surface area contributed by atoms with Crippen molar-refractivity contribution in [1.29, 1.82) is 0 Å². The third-order valence-corrected chi connectivity index (χ3v) is 4.00. The number of aromatic nitrogens is 4. The number of aromatic amines is 1. The highest BCUT2D eigenvalue weighted by atomic mass is 32.2. The van der Waals surface area contributed by atoms with E-state index in [9.17, 15) is 17.9 Å². The second-order valence-electron chi connectivity index (χ2n) is 6.70. The van der Waals surface area contributed by atoms with Crippen molar-refractivity contribution in [1.82, 2.24) is 20.2 Å². The van der Waals surface area contributed by atoms with Crippen LogP contribution in [-0.2, 0) is 10.1 Å². The van der Waals surface area contributed by atoms with E-state index in [0.717, 1.165) is 11.1 Å². The predicted octanol–water partition coefficient (Wildman–Crippen LogP) is 3.13. The number of aryl methyl sites for hydroxylation is 1. The molecule has 2 aromatic heterocycles. The number of nitrogens with one attached hydrogen (secondary N) is 2. The molecule has 11 heteroatoms. The van der Waals surface area contributed by atoms with Crippen molar-refractivity contribution in [3.8, 4) is 0 Å². The van der Waals surface area contributed by atoms with Gasteiger partial charge in [0.1, 0.15) is 17.7 Å². The quantitative estimate of drug-likeness (QED) is 0.351. The Hall–Kier alpha value is -3.41. The molecule has 0 aliphatic heterocycles. The van der Waals surface area contributed by atoms with Crippen LogP contribution in [0, 0.1) is 12.7 Å². The molecule has 0 aliphatic rings. The Balaban J connectivity index is 0.000000491. The van der Waals surface area contributed by atoms with E-state index in [1.165, 1.54) is 24.3 Å². The number of aliphatic hydroxyl groups excluding tert-OH is 1.